The van der Waals surface area contributed by atoms with E-state index in [0.717, 1.165) is 43.6 Å². The van der Waals surface area contributed by atoms with Gasteiger partial charge in [0.25, 0.3) is 5.56 Å². The molecule has 0 aliphatic heterocycles. The Kier molecular flexibility index (Phi) is 5.29. The number of nitrogens with zero attached hydrogens (tertiary/aromatic N) is 2. The van der Waals surface area contributed by atoms with Crippen molar-refractivity contribution in [2.24, 2.45) is 4.99 Å². The normalized spacial score (nSPS) is 11.4. The summed E-state index contributed by atoms with van der Waals surface area (Å²) in [5.41, 5.74) is 5.58. The van der Waals surface area contributed by atoms with Crippen molar-refractivity contribution in [1.29, 1.82) is 0 Å². The highest BCUT2D eigenvalue weighted by molar-refractivity contribution is 5.85. The van der Waals surface area contributed by atoms with E-state index in [1.54, 1.807) is 0 Å². The quantitative estimate of drug-likeness (QED) is 0.665. The van der Waals surface area contributed by atoms with Crippen LogP contribution in [0.5, 0.6) is 5.88 Å². The Balaban J connectivity index is 2.23. The van der Waals surface area contributed by atoms with E-state index < -0.39 is 17.1 Å². The van der Waals surface area contributed by atoms with E-state index >= 15 is 0 Å². The van der Waals surface area contributed by atoms with Crippen LogP contribution in [0.25, 0.3) is 5.69 Å². The van der Waals surface area contributed by atoms with Crippen molar-refractivity contribution in [3.05, 3.63) is 84.0 Å². The number of aryl methyl sites for hydroxylation is 6. The number of nitrogens with one attached hydrogen (secondary N) is 1. The lowest BCUT2D eigenvalue weighted by Gasteiger charge is -2.15. The van der Waals surface area contributed by atoms with Gasteiger partial charge in [-0.1, -0.05) is 35.4 Å². The molecule has 0 bridgehead atoms. The molecular weight excluding hydrogens is 366 g/mol. The van der Waals surface area contributed by atoms with E-state index in [1.807, 2.05) is 65.8 Å². The van der Waals surface area contributed by atoms with Gasteiger partial charge in [0.1, 0.15) is 5.56 Å². The van der Waals surface area contributed by atoms with E-state index in [2.05, 4.69) is 9.98 Å². The number of aromatic amines is 1. The SMILES string of the molecule is Cc1cc(C)c(N=Cc2c(O)n(-c3c(C)cc(C)cc3C)c(=O)[nH]c2=O)c(C)c1. The average molecular weight is 391 g/mol. The lowest BCUT2D eigenvalue weighted by atomic mass is 10.0. The molecule has 0 saturated carbocycles. The third-order valence-corrected chi connectivity index (χ3v) is 4.94. The zero-order valence-electron chi connectivity index (χ0n) is 17.5. The van der Waals surface area contributed by atoms with Crippen LogP contribution in [-0.2, 0) is 0 Å². The summed E-state index contributed by atoms with van der Waals surface area (Å²) >= 11 is 0. The highest BCUT2D eigenvalue weighted by Crippen LogP contribution is 2.26. The number of hydrogen-bond acceptors (Lipinski definition) is 4. The molecule has 1 aromatic heterocycles. The number of rotatable bonds is 3. The van der Waals surface area contributed by atoms with E-state index in [0.29, 0.717) is 5.69 Å². The number of benzene rings is 2. The number of aromatic nitrogens is 2. The van der Waals surface area contributed by atoms with Crippen LogP contribution in [0.15, 0.2) is 38.8 Å². The van der Waals surface area contributed by atoms with Crippen molar-refractivity contribution < 1.29 is 5.11 Å². The molecule has 3 aromatic rings. The summed E-state index contributed by atoms with van der Waals surface area (Å²) in [7, 11) is 0. The summed E-state index contributed by atoms with van der Waals surface area (Å²) < 4.78 is 1.13. The molecule has 0 spiro atoms. The van der Waals surface area contributed by atoms with Gasteiger partial charge in [-0.15, -0.1) is 0 Å². The predicted molar refractivity (Wildman–Crippen MR) is 116 cm³/mol. The van der Waals surface area contributed by atoms with Gasteiger partial charge in [0.05, 0.1) is 11.4 Å². The molecular formula is C23H25N3O3. The zero-order chi connectivity index (χ0) is 21.5. The smallest absolute Gasteiger partial charge is 0.335 e. The molecule has 6 nitrogen and oxygen atoms in total. The molecule has 150 valence electrons. The fraction of sp³-hybridized carbons (Fsp3) is 0.261. The van der Waals surface area contributed by atoms with Crippen LogP contribution in [0, 0.1) is 41.5 Å². The van der Waals surface area contributed by atoms with Crippen molar-refractivity contribution in [2.45, 2.75) is 41.5 Å². The third kappa shape index (κ3) is 3.78. The average Bonchev–Trinajstić information content (AvgIpc) is 2.58. The molecule has 0 saturated heterocycles. The third-order valence-electron chi connectivity index (χ3n) is 4.94. The Morgan fingerprint density at radius 3 is 1.86 bits per heavy atom. The van der Waals surface area contributed by atoms with Gasteiger partial charge in [0.15, 0.2) is 0 Å². The van der Waals surface area contributed by atoms with Gasteiger partial charge in [-0.25, -0.2) is 9.36 Å². The Morgan fingerprint density at radius 1 is 0.862 bits per heavy atom. The highest BCUT2D eigenvalue weighted by atomic mass is 16.3. The van der Waals surface area contributed by atoms with E-state index in [9.17, 15) is 14.7 Å². The summed E-state index contributed by atoms with van der Waals surface area (Å²) in [6, 6.07) is 7.85. The summed E-state index contributed by atoms with van der Waals surface area (Å²) in [5.74, 6) is -0.431. The first-order valence-corrected chi connectivity index (χ1v) is 9.38. The molecule has 0 unspecified atom stereocenters. The molecule has 3 rings (SSSR count). The summed E-state index contributed by atoms with van der Waals surface area (Å²) in [6.07, 6.45) is 1.31. The maximum Gasteiger partial charge on any atom is 0.335 e. The van der Waals surface area contributed by atoms with Crippen molar-refractivity contribution >= 4 is 11.9 Å². The van der Waals surface area contributed by atoms with Crippen LogP contribution >= 0.6 is 0 Å². The van der Waals surface area contributed by atoms with Crippen LogP contribution in [-0.4, -0.2) is 20.9 Å². The van der Waals surface area contributed by atoms with E-state index in [1.165, 1.54) is 6.21 Å². The van der Waals surface area contributed by atoms with Crippen molar-refractivity contribution in [2.75, 3.05) is 0 Å². The van der Waals surface area contributed by atoms with Crippen LogP contribution < -0.4 is 11.2 Å². The second kappa shape index (κ2) is 7.54. The van der Waals surface area contributed by atoms with Gasteiger partial charge >= 0.3 is 5.69 Å². The minimum atomic E-state index is -0.692. The Labute approximate surface area is 169 Å². The van der Waals surface area contributed by atoms with Gasteiger partial charge in [-0.05, 0) is 63.8 Å². The standard InChI is InChI=1S/C23H25N3O3/c1-12-7-14(3)19(15(4)8-12)24-11-18-21(27)25-23(29)26(22(18)28)20-16(5)9-13(2)10-17(20)6/h7-11,28H,1-6H3,(H,25,27,29). The van der Waals surface area contributed by atoms with Crippen molar-refractivity contribution in [3.63, 3.8) is 0 Å². The van der Waals surface area contributed by atoms with Crippen LogP contribution in [0.2, 0.25) is 0 Å². The molecule has 0 atom stereocenters. The molecule has 6 heteroatoms. The van der Waals surface area contributed by atoms with Crippen LogP contribution in [0.4, 0.5) is 5.69 Å². The lowest BCUT2D eigenvalue weighted by Crippen LogP contribution is -2.32. The van der Waals surface area contributed by atoms with Crippen molar-refractivity contribution in [1.82, 2.24) is 9.55 Å². The number of hydrogen-bond donors (Lipinski definition) is 2. The molecule has 0 radical (unpaired) electrons. The number of H-pyrrole nitrogens is 1. The molecule has 0 amide bonds. The molecule has 2 N–H and O–H groups in total. The second-order valence-electron chi connectivity index (χ2n) is 7.58. The monoisotopic (exact) mass is 391 g/mol. The molecule has 29 heavy (non-hydrogen) atoms. The molecule has 1 heterocycles. The van der Waals surface area contributed by atoms with Gasteiger partial charge in [-0.2, -0.15) is 0 Å². The minimum Gasteiger partial charge on any atom is -0.493 e. The topological polar surface area (TPSA) is 87.4 Å². The maximum absolute atomic E-state index is 12.5. The number of aromatic hydroxyl groups is 1. The summed E-state index contributed by atoms with van der Waals surface area (Å²) in [6.45, 7) is 11.6. The first-order chi connectivity index (χ1) is 13.6. The van der Waals surface area contributed by atoms with Crippen LogP contribution in [0.3, 0.4) is 0 Å². The number of aliphatic imine (C=N–C) groups is 1. The van der Waals surface area contributed by atoms with Gasteiger partial charge in [-0.3, -0.25) is 14.8 Å². The van der Waals surface area contributed by atoms with Gasteiger partial charge in [0, 0.05) is 6.21 Å². The largest absolute Gasteiger partial charge is 0.493 e. The Hall–Kier alpha value is -3.41. The highest BCUT2D eigenvalue weighted by Gasteiger charge is 2.17. The Morgan fingerprint density at radius 2 is 1.34 bits per heavy atom. The minimum absolute atomic E-state index is 0.0663. The Bertz CT molecular complexity index is 1220. The summed E-state index contributed by atoms with van der Waals surface area (Å²) in [5, 5.41) is 10.8. The van der Waals surface area contributed by atoms with Crippen LogP contribution in [0.1, 0.15) is 38.9 Å². The molecule has 2 aromatic carbocycles. The molecule has 0 aliphatic rings. The molecule has 0 aliphatic carbocycles. The fourth-order valence-corrected chi connectivity index (χ4v) is 3.89. The first kappa shape index (κ1) is 20.3. The lowest BCUT2D eigenvalue weighted by molar-refractivity contribution is 0.429. The first-order valence-electron chi connectivity index (χ1n) is 9.38. The maximum atomic E-state index is 12.5. The van der Waals surface area contributed by atoms with E-state index in [-0.39, 0.29) is 5.56 Å². The zero-order valence-corrected chi connectivity index (χ0v) is 17.5. The van der Waals surface area contributed by atoms with E-state index in [4.69, 9.17) is 0 Å². The second-order valence-corrected chi connectivity index (χ2v) is 7.58. The summed E-state index contributed by atoms with van der Waals surface area (Å²) in [4.78, 5) is 31.7. The van der Waals surface area contributed by atoms with Gasteiger partial charge in [0.2, 0.25) is 5.88 Å². The van der Waals surface area contributed by atoms with Gasteiger partial charge < -0.3 is 5.11 Å². The molecule has 0 fully saturated rings. The predicted octanol–water partition coefficient (Wildman–Crippen LogP) is 3.83. The fourth-order valence-electron chi connectivity index (χ4n) is 3.89. The van der Waals surface area contributed by atoms with Crippen molar-refractivity contribution in [3.8, 4) is 11.6 Å².